The Hall–Kier alpha value is -1.55. The Balaban J connectivity index is 1.68. The molecule has 0 aromatic heterocycles. The Bertz CT molecular complexity index is 634. The second-order valence-electron chi connectivity index (χ2n) is 6.31. The lowest BCUT2D eigenvalue weighted by Gasteiger charge is -2.29. The lowest BCUT2D eigenvalue weighted by atomic mass is 10.2. The van der Waals surface area contributed by atoms with Gasteiger partial charge in [0.25, 0.3) is 0 Å². The molecule has 1 N–H and O–H groups in total. The van der Waals surface area contributed by atoms with Crippen LogP contribution in [0, 0.1) is 0 Å². The highest BCUT2D eigenvalue weighted by atomic mass is 35.5. The average molecular weight is 319 g/mol. The van der Waals surface area contributed by atoms with Gasteiger partial charge in [0.1, 0.15) is 31.5 Å². The number of halogens is 1. The first kappa shape index (κ1) is 15.3. The van der Waals surface area contributed by atoms with Crippen LogP contribution in [0.4, 0.5) is 0 Å². The summed E-state index contributed by atoms with van der Waals surface area (Å²) in [6.07, 6.45) is -0.667. The molecule has 3 atom stereocenters. The molecule has 1 aliphatic heterocycles. The standard InChI is InChI=1S/C18H21ClNO2/c1-20(11-14-6-3-2-4-7-14)12-17(21)18(13-20)22-16-9-5-8-15(19)10-16/h2-10,17-18,21H,11-13H2,1H3/q+1/t17?,18-,20-/m1/s1. The number of likely N-dealkylation sites (N-methyl/N-ethyl adjacent to an activating group) is 1. The third kappa shape index (κ3) is 3.61. The first-order valence-electron chi connectivity index (χ1n) is 7.52. The van der Waals surface area contributed by atoms with Crippen LogP contribution >= 0.6 is 11.6 Å². The fourth-order valence-corrected chi connectivity index (χ4v) is 3.36. The van der Waals surface area contributed by atoms with Gasteiger partial charge in [-0.15, -0.1) is 0 Å². The van der Waals surface area contributed by atoms with Crippen molar-refractivity contribution in [2.24, 2.45) is 0 Å². The van der Waals surface area contributed by atoms with Crippen molar-refractivity contribution in [3.05, 3.63) is 65.2 Å². The van der Waals surface area contributed by atoms with Gasteiger partial charge in [-0.05, 0) is 18.2 Å². The molecule has 0 bridgehead atoms. The number of quaternary nitrogens is 1. The Morgan fingerprint density at radius 3 is 2.64 bits per heavy atom. The zero-order chi connectivity index (χ0) is 15.6. The fraction of sp³-hybridized carbons (Fsp3) is 0.333. The number of likely N-dealkylation sites (tertiary alicyclic amines) is 1. The van der Waals surface area contributed by atoms with Gasteiger partial charge in [0.15, 0.2) is 6.10 Å². The molecule has 116 valence electrons. The van der Waals surface area contributed by atoms with Crippen molar-refractivity contribution in [3.63, 3.8) is 0 Å². The number of aliphatic hydroxyl groups is 1. The Kier molecular flexibility index (Phi) is 4.39. The van der Waals surface area contributed by atoms with Crippen LogP contribution in [-0.2, 0) is 6.54 Å². The quantitative estimate of drug-likeness (QED) is 0.878. The molecule has 1 heterocycles. The van der Waals surface area contributed by atoms with Crippen LogP contribution in [0.25, 0.3) is 0 Å². The summed E-state index contributed by atoms with van der Waals surface area (Å²) in [7, 11) is 2.16. The third-order valence-corrected chi connectivity index (χ3v) is 4.40. The first-order chi connectivity index (χ1) is 10.5. The number of aliphatic hydroxyl groups excluding tert-OH is 1. The van der Waals surface area contributed by atoms with Crippen molar-refractivity contribution in [3.8, 4) is 5.75 Å². The van der Waals surface area contributed by atoms with Gasteiger partial charge in [0, 0.05) is 10.6 Å². The molecule has 2 aromatic rings. The van der Waals surface area contributed by atoms with Gasteiger partial charge in [-0.3, -0.25) is 0 Å². The van der Waals surface area contributed by atoms with Gasteiger partial charge >= 0.3 is 0 Å². The number of nitrogens with zero attached hydrogens (tertiary/aromatic N) is 1. The van der Waals surface area contributed by atoms with Crippen LogP contribution in [0.2, 0.25) is 5.02 Å². The molecule has 3 nitrogen and oxygen atoms in total. The molecular formula is C18H21ClNO2+. The topological polar surface area (TPSA) is 29.5 Å². The zero-order valence-corrected chi connectivity index (χ0v) is 13.4. The molecule has 0 aliphatic carbocycles. The molecule has 0 radical (unpaired) electrons. The molecule has 0 spiro atoms. The summed E-state index contributed by atoms with van der Waals surface area (Å²) < 4.78 is 6.73. The van der Waals surface area contributed by atoms with Crippen molar-refractivity contribution < 1.29 is 14.3 Å². The van der Waals surface area contributed by atoms with Crippen molar-refractivity contribution in [2.45, 2.75) is 18.8 Å². The van der Waals surface area contributed by atoms with Crippen LogP contribution in [-0.4, -0.2) is 41.9 Å². The normalized spacial score (nSPS) is 27.8. The van der Waals surface area contributed by atoms with Gasteiger partial charge in [-0.2, -0.15) is 0 Å². The summed E-state index contributed by atoms with van der Waals surface area (Å²) >= 11 is 5.98. The summed E-state index contributed by atoms with van der Waals surface area (Å²) in [5, 5.41) is 11.0. The minimum atomic E-state index is -0.465. The first-order valence-corrected chi connectivity index (χ1v) is 7.90. The van der Waals surface area contributed by atoms with E-state index in [1.165, 1.54) is 5.56 Å². The molecule has 2 aromatic carbocycles. The maximum atomic E-state index is 10.4. The second-order valence-corrected chi connectivity index (χ2v) is 6.75. The van der Waals surface area contributed by atoms with E-state index in [0.717, 1.165) is 17.6 Å². The van der Waals surface area contributed by atoms with Crippen molar-refractivity contribution in [1.29, 1.82) is 0 Å². The van der Waals surface area contributed by atoms with E-state index < -0.39 is 6.10 Å². The average Bonchev–Trinajstić information content (AvgIpc) is 2.74. The maximum Gasteiger partial charge on any atom is 0.178 e. The number of rotatable bonds is 4. The predicted octanol–water partition coefficient (Wildman–Crippen LogP) is 3.11. The number of ether oxygens (including phenoxy) is 1. The highest BCUT2D eigenvalue weighted by molar-refractivity contribution is 6.30. The minimum absolute atomic E-state index is 0.202. The largest absolute Gasteiger partial charge is 0.481 e. The molecule has 1 saturated heterocycles. The predicted molar refractivity (Wildman–Crippen MR) is 87.9 cm³/mol. The molecule has 4 heteroatoms. The molecule has 1 fully saturated rings. The number of hydrogen-bond acceptors (Lipinski definition) is 2. The van der Waals surface area contributed by atoms with Gasteiger partial charge < -0.3 is 14.3 Å². The van der Waals surface area contributed by atoms with Crippen molar-refractivity contribution in [2.75, 3.05) is 20.1 Å². The second kappa shape index (κ2) is 6.29. The van der Waals surface area contributed by atoms with E-state index >= 15 is 0 Å². The highest BCUT2D eigenvalue weighted by Crippen LogP contribution is 2.26. The molecular weight excluding hydrogens is 298 g/mol. The van der Waals surface area contributed by atoms with E-state index in [1.807, 2.05) is 36.4 Å². The third-order valence-electron chi connectivity index (χ3n) is 4.17. The fourth-order valence-electron chi connectivity index (χ4n) is 3.18. The molecule has 3 rings (SSSR count). The van der Waals surface area contributed by atoms with E-state index in [0.29, 0.717) is 17.3 Å². The highest BCUT2D eigenvalue weighted by Gasteiger charge is 2.43. The van der Waals surface area contributed by atoms with Gasteiger partial charge in [0.2, 0.25) is 0 Å². The Labute approximate surface area is 136 Å². The van der Waals surface area contributed by atoms with Gasteiger partial charge in [-0.25, -0.2) is 0 Å². The minimum Gasteiger partial charge on any atom is -0.481 e. The van der Waals surface area contributed by atoms with Gasteiger partial charge in [0.05, 0.1) is 7.05 Å². The van der Waals surface area contributed by atoms with E-state index in [9.17, 15) is 5.11 Å². The molecule has 22 heavy (non-hydrogen) atoms. The summed E-state index contributed by atoms with van der Waals surface area (Å²) in [4.78, 5) is 0. The zero-order valence-electron chi connectivity index (χ0n) is 12.7. The molecule has 1 aliphatic rings. The lowest BCUT2D eigenvalue weighted by Crippen LogP contribution is -2.42. The Morgan fingerprint density at radius 2 is 1.91 bits per heavy atom. The van der Waals surface area contributed by atoms with E-state index in [-0.39, 0.29) is 6.10 Å². The summed E-state index contributed by atoms with van der Waals surface area (Å²) in [6.45, 7) is 2.37. The van der Waals surface area contributed by atoms with Crippen molar-refractivity contribution >= 4 is 11.6 Å². The molecule has 0 saturated carbocycles. The van der Waals surface area contributed by atoms with E-state index in [2.05, 4.69) is 19.2 Å². The smallest absolute Gasteiger partial charge is 0.178 e. The van der Waals surface area contributed by atoms with Crippen LogP contribution in [0.5, 0.6) is 5.75 Å². The summed E-state index contributed by atoms with van der Waals surface area (Å²) in [5.74, 6) is 0.713. The number of benzene rings is 2. The van der Waals surface area contributed by atoms with E-state index in [1.54, 1.807) is 6.07 Å². The van der Waals surface area contributed by atoms with E-state index in [4.69, 9.17) is 16.3 Å². The van der Waals surface area contributed by atoms with Crippen LogP contribution < -0.4 is 4.74 Å². The Morgan fingerprint density at radius 1 is 1.14 bits per heavy atom. The van der Waals surface area contributed by atoms with Crippen molar-refractivity contribution in [1.82, 2.24) is 0 Å². The van der Waals surface area contributed by atoms with Gasteiger partial charge in [-0.1, -0.05) is 48.0 Å². The van der Waals surface area contributed by atoms with Crippen LogP contribution in [0.1, 0.15) is 5.56 Å². The molecule has 0 amide bonds. The summed E-state index contributed by atoms with van der Waals surface area (Å²) in [6, 6.07) is 17.7. The lowest BCUT2D eigenvalue weighted by molar-refractivity contribution is -0.913. The monoisotopic (exact) mass is 318 g/mol. The maximum absolute atomic E-state index is 10.4. The summed E-state index contributed by atoms with van der Waals surface area (Å²) in [5.41, 5.74) is 1.28. The molecule has 1 unspecified atom stereocenters. The SMILES string of the molecule is C[N@@+]1(Cc2ccccc2)CC(O)[C@H](Oc2cccc(Cl)c2)C1. The van der Waals surface area contributed by atoms with Crippen LogP contribution in [0.3, 0.4) is 0 Å². The van der Waals surface area contributed by atoms with Crippen LogP contribution in [0.15, 0.2) is 54.6 Å². The number of hydrogen-bond donors (Lipinski definition) is 1.